The second-order valence-corrected chi connectivity index (χ2v) is 15.6. The van der Waals surface area contributed by atoms with Crippen LogP contribution in [0.5, 0.6) is 17.2 Å². The topological polar surface area (TPSA) is 60.7 Å². The zero-order valence-electron chi connectivity index (χ0n) is 37.3. The van der Waals surface area contributed by atoms with Gasteiger partial charge in [0.2, 0.25) is 0 Å². The molecule has 0 heterocycles. The monoisotopic (exact) mass is 1090 g/mol. The average Bonchev–Trinajstić information content (AvgIpc) is 3.36. The summed E-state index contributed by atoms with van der Waals surface area (Å²) in [4.78, 5) is 0. The molecule has 0 bridgehead atoms. The Kier molecular flexibility index (Phi) is 17.3. The van der Waals surface area contributed by atoms with Crippen molar-refractivity contribution in [2.75, 3.05) is 0 Å². The molecular formula is C54H24AlF18O3. The van der Waals surface area contributed by atoms with E-state index < -0.39 is 122 Å². The summed E-state index contributed by atoms with van der Waals surface area (Å²) in [5.41, 5.74) is -1.67. The lowest BCUT2D eigenvalue weighted by atomic mass is 9.97. The molecule has 9 rings (SSSR count). The number of para-hydroxylation sites is 3. The van der Waals surface area contributed by atoms with Crippen molar-refractivity contribution < 1.29 is 94.3 Å². The minimum atomic E-state index is -1.66. The van der Waals surface area contributed by atoms with Crippen molar-refractivity contribution in [2.24, 2.45) is 0 Å². The van der Waals surface area contributed by atoms with E-state index in [0.717, 1.165) is 0 Å². The molecule has 76 heavy (non-hydrogen) atoms. The highest BCUT2D eigenvalue weighted by molar-refractivity contribution is 5.84. The van der Waals surface area contributed by atoms with Gasteiger partial charge < -0.3 is 15.3 Å². The van der Waals surface area contributed by atoms with E-state index in [1.54, 1.807) is 0 Å². The van der Waals surface area contributed by atoms with E-state index in [-0.39, 0.29) is 84.1 Å². The van der Waals surface area contributed by atoms with Gasteiger partial charge in [-0.05, 0) is 106 Å². The second kappa shape index (κ2) is 23.0. The Hall–Kier alpha value is -8.35. The van der Waals surface area contributed by atoms with Crippen molar-refractivity contribution >= 4 is 17.4 Å². The second-order valence-electron chi connectivity index (χ2n) is 15.6. The Morgan fingerprint density at radius 1 is 0.197 bits per heavy atom. The highest BCUT2D eigenvalue weighted by atomic mass is 27.0. The number of phenols is 3. The van der Waals surface area contributed by atoms with Gasteiger partial charge in [-0.15, -0.1) is 0 Å². The molecule has 0 aromatic heterocycles. The predicted octanol–water partition coefficient (Wildman–Crippen LogP) is 16.3. The predicted molar refractivity (Wildman–Crippen MR) is 242 cm³/mol. The molecule has 387 valence electrons. The molecule has 0 aliphatic rings. The van der Waals surface area contributed by atoms with Crippen LogP contribution in [0.3, 0.4) is 0 Å². The Morgan fingerprint density at radius 3 is 0.408 bits per heavy atom. The van der Waals surface area contributed by atoms with Crippen molar-refractivity contribution in [2.45, 2.75) is 0 Å². The third-order valence-electron chi connectivity index (χ3n) is 10.9. The van der Waals surface area contributed by atoms with Gasteiger partial charge in [-0.25, -0.2) is 79.0 Å². The van der Waals surface area contributed by atoms with Gasteiger partial charge in [0.1, 0.15) is 17.2 Å². The third kappa shape index (κ3) is 11.6. The largest absolute Gasteiger partial charge is 0.507 e. The highest BCUT2D eigenvalue weighted by Gasteiger charge is 2.22. The average molecular weight is 1090 g/mol. The van der Waals surface area contributed by atoms with Crippen LogP contribution < -0.4 is 0 Å². The molecule has 0 saturated heterocycles. The molecule has 9 aromatic rings. The summed E-state index contributed by atoms with van der Waals surface area (Å²) in [6, 6.07) is 19.8. The molecule has 3 N–H and O–H groups in total. The van der Waals surface area contributed by atoms with E-state index in [1.807, 2.05) is 0 Å². The maximum Gasteiger partial charge on any atom is 0.194 e. The molecule has 0 amide bonds. The van der Waals surface area contributed by atoms with Crippen LogP contribution in [-0.2, 0) is 0 Å². The van der Waals surface area contributed by atoms with Crippen LogP contribution in [0.15, 0.2) is 127 Å². The van der Waals surface area contributed by atoms with E-state index in [4.69, 9.17) is 0 Å². The van der Waals surface area contributed by atoms with E-state index in [1.165, 1.54) is 54.6 Å². The van der Waals surface area contributed by atoms with Crippen molar-refractivity contribution in [1.82, 2.24) is 0 Å². The Balaban J connectivity index is 0.000000184. The Morgan fingerprint density at radius 2 is 0.303 bits per heavy atom. The van der Waals surface area contributed by atoms with Gasteiger partial charge in [0.05, 0.1) is 0 Å². The highest BCUT2D eigenvalue weighted by Crippen LogP contribution is 2.42. The Bertz CT molecular complexity index is 2970. The molecule has 0 atom stereocenters. The van der Waals surface area contributed by atoms with E-state index in [9.17, 15) is 94.3 Å². The van der Waals surface area contributed by atoms with Crippen molar-refractivity contribution in [3.63, 3.8) is 0 Å². The van der Waals surface area contributed by atoms with Gasteiger partial charge in [-0.2, -0.15) is 0 Å². The Labute approximate surface area is 426 Å². The molecule has 0 spiro atoms. The van der Waals surface area contributed by atoms with Gasteiger partial charge in [0.25, 0.3) is 0 Å². The fraction of sp³-hybridized carbons (Fsp3) is 0. The summed E-state index contributed by atoms with van der Waals surface area (Å²) in [6.45, 7) is 0. The minimum Gasteiger partial charge on any atom is -0.507 e. The van der Waals surface area contributed by atoms with Gasteiger partial charge in [0.15, 0.2) is 105 Å². The molecule has 0 saturated carbocycles. The number of halogens is 18. The SMILES string of the molecule is Oc1c(-c2cc(F)c(F)c(F)c2)cccc1-c1cc(F)c(F)c(F)c1.Oc1c(-c2cc(F)c(F)c(F)c2)cccc1-c1cc(F)c(F)c(F)c1.Oc1c(-c2cc(F)c(F)c(F)c2)cccc1-c1cc(F)c(F)c(F)c1.[Al]. The molecule has 9 aromatic carbocycles. The number of rotatable bonds is 6. The lowest BCUT2D eigenvalue weighted by Crippen LogP contribution is -1.94. The first-order valence-corrected chi connectivity index (χ1v) is 20.7. The van der Waals surface area contributed by atoms with E-state index in [0.29, 0.717) is 72.8 Å². The fourth-order valence-electron chi connectivity index (χ4n) is 7.29. The first-order chi connectivity index (χ1) is 35.4. The molecule has 3 radical (unpaired) electrons. The van der Waals surface area contributed by atoms with Crippen LogP contribution in [-0.4, -0.2) is 32.7 Å². The van der Waals surface area contributed by atoms with E-state index >= 15 is 0 Å². The molecule has 0 aliphatic carbocycles. The van der Waals surface area contributed by atoms with Gasteiger partial charge in [-0.1, -0.05) is 54.6 Å². The van der Waals surface area contributed by atoms with Crippen molar-refractivity contribution in [1.29, 1.82) is 0 Å². The zero-order chi connectivity index (χ0) is 54.9. The quantitative estimate of drug-likeness (QED) is 0.0883. The zero-order valence-corrected chi connectivity index (χ0v) is 38.5. The van der Waals surface area contributed by atoms with Crippen LogP contribution in [0.1, 0.15) is 0 Å². The van der Waals surface area contributed by atoms with Gasteiger partial charge in [-0.3, -0.25) is 0 Å². The number of hydrogen-bond acceptors (Lipinski definition) is 3. The summed E-state index contributed by atoms with van der Waals surface area (Å²) >= 11 is 0. The molecule has 0 aliphatic heterocycles. The van der Waals surface area contributed by atoms with Crippen LogP contribution in [0.25, 0.3) is 66.8 Å². The van der Waals surface area contributed by atoms with Crippen molar-refractivity contribution in [3.05, 3.63) is 232 Å². The molecule has 3 nitrogen and oxygen atoms in total. The summed E-state index contributed by atoms with van der Waals surface area (Å²) in [6.07, 6.45) is 0. The lowest BCUT2D eigenvalue weighted by molar-refractivity contribution is 0.446. The van der Waals surface area contributed by atoms with Crippen LogP contribution in [0.2, 0.25) is 0 Å². The summed E-state index contributed by atoms with van der Waals surface area (Å²) < 4.78 is 239. The maximum atomic E-state index is 13.4. The first kappa shape index (κ1) is 56.9. The van der Waals surface area contributed by atoms with Crippen molar-refractivity contribution in [3.8, 4) is 84.0 Å². The summed E-state index contributed by atoms with van der Waals surface area (Å²) in [7, 11) is 0. The van der Waals surface area contributed by atoms with Gasteiger partial charge >= 0.3 is 0 Å². The molecule has 0 fully saturated rings. The normalized spacial score (nSPS) is 10.8. The standard InChI is InChI=1S/3C18H8F6O.Al/c3*19-12-4-8(5-13(20)16(12)23)10-2-1-3-11(18(10)25)9-6-14(21)17(24)15(22)7-9;/h3*1-7,25H;. The third-order valence-corrected chi connectivity index (χ3v) is 10.9. The maximum absolute atomic E-state index is 13.4. The minimum absolute atomic E-state index is 0. The smallest absolute Gasteiger partial charge is 0.194 e. The molecule has 22 heteroatoms. The van der Waals surface area contributed by atoms with Crippen LogP contribution in [0.4, 0.5) is 79.0 Å². The fourth-order valence-corrected chi connectivity index (χ4v) is 7.29. The lowest BCUT2D eigenvalue weighted by Gasteiger charge is -2.11. The first-order valence-electron chi connectivity index (χ1n) is 20.7. The molecular weight excluding hydrogens is 1070 g/mol. The van der Waals surface area contributed by atoms with Crippen LogP contribution in [0, 0.1) is 105 Å². The number of aromatic hydroxyl groups is 3. The summed E-state index contributed by atoms with van der Waals surface area (Å²) in [5.74, 6) is -29.2. The van der Waals surface area contributed by atoms with E-state index in [2.05, 4.69) is 0 Å². The number of hydrogen-bond donors (Lipinski definition) is 3. The number of benzene rings is 9. The number of phenolic OH excluding ortho intramolecular Hbond substituents is 3. The summed E-state index contributed by atoms with van der Waals surface area (Å²) in [5, 5.41) is 31.0. The molecule has 0 unspecified atom stereocenters. The van der Waals surface area contributed by atoms with Crippen LogP contribution >= 0.6 is 0 Å². The van der Waals surface area contributed by atoms with Gasteiger partial charge in [0, 0.05) is 50.7 Å².